The number of carboxylic acid groups (broad SMARTS) is 1. The van der Waals surface area contributed by atoms with Crippen molar-refractivity contribution in [2.45, 2.75) is 76.7 Å². The van der Waals surface area contributed by atoms with Crippen molar-refractivity contribution in [3.63, 3.8) is 0 Å². The van der Waals surface area contributed by atoms with E-state index in [4.69, 9.17) is 19.2 Å². The standard InChI is InChI=1S/C25H31BFN3O6/c1-24(2)25(3,4)36-26(35-24)15-6-5-7-19(12-15)34-22-20(13-16(27)14-28-22)21(31)29-17-8-10-18(11-9-17)30-23(32)33/h5-7,12-14,17-18,30H,8-11H2,1-4H3,(H,29,31)(H,32,33). The number of aromatic nitrogens is 1. The fraction of sp³-hybridized carbons (Fsp3) is 0.480. The van der Waals surface area contributed by atoms with E-state index in [0.29, 0.717) is 31.4 Å². The molecule has 2 fully saturated rings. The molecule has 1 aromatic heterocycles. The van der Waals surface area contributed by atoms with Gasteiger partial charge in [0.2, 0.25) is 5.88 Å². The highest BCUT2D eigenvalue weighted by Crippen LogP contribution is 2.36. The summed E-state index contributed by atoms with van der Waals surface area (Å²) in [6, 6.07) is 7.88. The minimum atomic E-state index is -1.06. The fourth-order valence-corrected chi connectivity index (χ4v) is 4.31. The normalized spacial score (nSPS) is 22.6. The molecule has 11 heteroatoms. The quantitative estimate of drug-likeness (QED) is 0.520. The molecule has 1 aliphatic heterocycles. The van der Waals surface area contributed by atoms with E-state index < -0.39 is 36.1 Å². The number of carbonyl (C=O) groups excluding carboxylic acids is 1. The lowest BCUT2D eigenvalue weighted by Crippen LogP contribution is -2.43. The van der Waals surface area contributed by atoms with Crippen molar-refractivity contribution in [2.75, 3.05) is 0 Å². The SMILES string of the molecule is CC1(C)OB(c2cccc(Oc3ncc(F)cc3C(=O)NC3CCC(NC(=O)O)CC3)c2)OC1(C)C. The van der Waals surface area contributed by atoms with Gasteiger partial charge in [0.05, 0.1) is 17.4 Å². The third kappa shape index (κ3) is 5.79. The Labute approximate surface area is 209 Å². The van der Waals surface area contributed by atoms with Crippen LogP contribution in [0.3, 0.4) is 0 Å². The summed E-state index contributed by atoms with van der Waals surface area (Å²) in [6.45, 7) is 7.87. The Hall–Kier alpha value is -3.18. The van der Waals surface area contributed by atoms with Crippen molar-refractivity contribution >= 4 is 24.6 Å². The molecule has 0 radical (unpaired) electrons. The molecule has 0 spiro atoms. The zero-order chi connectivity index (χ0) is 26.1. The number of hydrogen-bond donors (Lipinski definition) is 3. The fourth-order valence-electron chi connectivity index (χ4n) is 4.31. The summed E-state index contributed by atoms with van der Waals surface area (Å²) in [5, 5.41) is 14.2. The summed E-state index contributed by atoms with van der Waals surface area (Å²) in [5.74, 6) is -0.793. The van der Waals surface area contributed by atoms with E-state index >= 15 is 0 Å². The van der Waals surface area contributed by atoms with Crippen LogP contribution in [0.15, 0.2) is 36.5 Å². The van der Waals surface area contributed by atoms with Gasteiger partial charge in [0.1, 0.15) is 17.1 Å². The zero-order valence-corrected chi connectivity index (χ0v) is 20.8. The minimum Gasteiger partial charge on any atom is -0.465 e. The maximum atomic E-state index is 14.0. The molecule has 2 aromatic rings. The molecule has 4 rings (SSSR count). The van der Waals surface area contributed by atoms with Gasteiger partial charge in [-0.05, 0) is 77.0 Å². The molecular weight excluding hydrogens is 468 g/mol. The largest absolute Gasteiger partial charge is 0.494 e. The Balaban J connectivity index is 1.46. The van der Waals surface area contributed by atoms with Gasteiger partial charge in [0, 0.05) is 12.1 Å². The molecule has 192 valence electrons. The monoisotopic (exact) mass is 499 g/mol. The van der Waals surface area contributed by atoms with Crippen LogP contribution in [-0.4, -0.2) is 52.5 Å². The molecule has 9 nitrogen and oxygen atoms in total. The van der Waals surface area contributed by atoms with Crippen LogP contribution in [0.4, 0.5) is 9.18 Å². The van der Waals surface area contributed by atoms with Crippen LogP contribution in [-0.2, 0) is 9.31 Å². The van der Waals surface area contributed by atoms with E-state index in [9.17, 15) is 14.0 Å². The number of carbonyl (C=O) groups is 2. The third-order valence-corrected chi connectivity index (χ3v) is 7.05. The summed E-state index contributed by atoms with van der Waals surface area (Å²) in [7, 11) is -0.590. The molecule has 2 amide bonds. The topological polar surface area (TPSA) is 119 Å². The first-order valence-electron chi connectivity index (χ1n) is 12.0. The van der Waals surface area contributed by atoms with E-state index in [1.165, 1.54) is 0 Å². The van der Waals surface area contributed by atoms with Gasteiger partial charge in [-0.2, -0.15) is 0 Å². The molecule has 1 saturated heterocycles. The van der Waals surface area contributed by atoms with Crippen LogP contribution in [0.25, 0.3) is 0 Å². The van der Waals surface area contributed by atoms with Crippen molar-refractivity contribution in [1.82, 2.24) is 15.6 Å². The second-order valence-electron chi connectivity index (χ2n) is 10.2. The van der Waals surface area contributed by atoms with Gasteiger partial charge in [-0.3, -0.25) is 4.79 Å². The summed E-state index contributed by atoms with van der Waals surface area (Å²) in [5.41, 5.74) is -0.282. The molecule has 1 aliphatic carbocycles. The average molecular weight is 499 g/mol. The smallest absolute Gasteiger partial charge is 0.465 e. The van der Waals surface area contributed by atoms with Crippen LogP contribution in [0, 0.1) is 5.82 Å². The Morgan fingerprint density at radius 1 is 1.06 bits per heavy atom. The maximum absolute atomic E-state index is 14.0. The highest BCUT2D eigenvalue weighted by atomic mass is 19.1. The van der Waals surface area contributed by atoms with Gasteiger partial charge < -0.3 is 29.8 Å². The van der Waals surface area contributed by atoms with Crippen molar-refractivity contribution in [1.29, 1.82) is 0 Å². The number of nitrogens with zero attached hydrogens (tertiary/aromatic N) is 1. The summed E-state index contributed by atoms with van der Waals surface area (Å²) < 4.78 is 32.1. The van der Waals surface area contributed by atoms with Crippen LogP contribution < -0.4 is 20.8 Å². The molecular formula is C25H31BFN3O6. The molecule has 0 atom stereocenters. The highest BCUT2D eigenvalue weighted by Gasteiger charge is 2.51. The lowest BCUT2D eigenvalue weighted by atomic mass is 9.79. The van der Waals surface area contributed by atoms with E-state index in [1.54, 1.807) is 18.2 Å². The molecule has 3 N–H and O–H groups in total. The lowest BCUT2D eigenvalue weighted by molar-refractivity contribution is 0.00578. The van der Waals surface area contributed by atoms with Gasteiger partial charge in [-0.1, -0.05) is 12.1 Å². The molecule has 36 heavy (non-hydrogen) atoms. The van der Waals surface area contributed by atoms with Gasteiger partial charge in [-0.25, -0.2) is 14.2 Å². The van der Waals surface area contributed by atoms with Crippen molar-refractivity contribution in [3.8, 4) is 11.6 Å². The highest BCUT2D eigenvalue weighted by molar-refractivity contribution is 6.62. The van der Waals surface area contributed by atoms with Gasteiger partial charge >= 0.3 is 13.2 Å². The summed E-state index contributed by atoms with van der Waals surface area (Å²) >= 11 is 0. The van der Waals surface area contributed by atoms with Crippen LogP contribution >= 0.6 is 0 Å². The molecule has 2 heterocycles. The number of nitrogens with one attached hydrogen (secondary N) is 2. The van der Waals surface area contributed by atoms with Crippen LogP contribution in [0.2, 0.25) is 0 Å². The Morgan fingerprint density at radius 3 is 2.28 bits per heavy atom. The third-order valence-electron chi connectivity index (χ3n) is 7.05. The van der Waals surface area contributed by atoms with Gasteiger partial charge in [-0.15, -0.1) is 0 Å². The molecule has 1 aromatic carbocycles. The first-order chi connectivity index (χ1) is 16.9. The maximum Gasteiger partial charge on any atom is 0.494 e. The summed E-state index contributed by atoms with van der Waals surface area (Å²) in [4.78, 5) is 27.8. The van der Waals surface area contributed by atoms with Crippen LogP contribution in [0.5, 0.6) is 11.6 Å². The van der Waals surface area contributed by atoms with Crippen molar-refractivity contribution < 1.29 is 33.1 Å². The second kappa shape index (κ2) is 10.1. The number of rotatable bonds is 6. The zero-order valence-electron chi connectivity index (χ0n) is 20.8. The second-order valence-corrected chi connectivity index (χ2v) is 10.2. The molecule has 0 unspecified atom stereocenters. The van der Waals surface area contributed by atoms with Crippen LogP contribution in [0.1, 0.15) is 63.7 Å². The van der Waals surface area contributed by atoms with E-state index in [2.05, 4.69) is 15.6 Å². The molecule has 2 aliphatic rings. The van der Waals surface area contributed by atoms with E-state index in [0.717, 1.165) is 17.7 Å². The Bertz CT molecular complexity index is 1120. The van der Waals surface area contributed by atoms with E-state index in [1.807, 2.05) is 33.8 Å². The van der Waals surface area contributed by atoms with Crippen molar-refractivity contribution in [3.05, 3.63) is 47.9 Å². The van der Waals surface area contributed by atoms with Crippen molar-refractivity contribution in [2.24, 2.45) is 0 Å². The number of halogens is 1. The number of ether oxygens (including phenoxy) is 1. The molecule has 0 bridgehead atoms. The number of amides is 2. The number of benzene rings is 1. The first-order valence-corrected chi connectivity index (χ1v) is 12.0. The number of pyridine rings is 1. The molecule has 1 saturated carbocycles. The van der Waals surface area contributed by atoms with Gasteiger partial charge in [0.25, 0.3) is 5.91 Å². The van der Waals surface area contributed by atoms with Gasteiger partial charge in [0.15, 0.2) is 0 Å². The Morgan fingerprint density at radius 2 is 1.67 bits per heavy atom. The average Bonchev–Trinajstić information content (AvgIpc) is 3.03. The van der Waals surface area contributed by atoms with E-state index in [-0.39, 0.29) is 23.5 Å². The predicted molar refractivity (Wildman–Crippen MR) is 131 cm³/mol. The minimum absolute atomic E-state index is 0.0261. The Kier molecular flexibility index (Phi) is 7.24. The first kappa shape index (κ1) is 25.9. The number of hydrogen-bond acceptors (Lipinski definition) is 6. The summed E-state index contributed by atoms with van der Waals surface area (Å²) in [6.07, 6.45) is 2.35. The lowest BCUT2D eigenvalue weighted by Gasteiger charge is -2.32. The predicted octanol–water partition coefficient (Wildman–Crippen LogP) is 3.62.